The van der Waals surface area contributed by atoms with Crippen molar-refractivity contribution in [1.82, 2.24) is 24.6 Å². The molecule has 0 aliphatic carbocycles. The van der Waals surface area contributed by atoms with Crippen LogP contribution in [-0.2, 0) is 6.18 Å². The van der Waals surface area contributed by atoms with Crippen molar-refractivity contribution >= 4 is 28.5 Å². The topological polar surface area (TPSA) is 50.1 Å². The van der Waals surface area contributed by atoms with Gasteiger partial charge in [0.1, 0.15) is 5.82 Å². The molecule has 1 aliphatic heterocycles. The highest BCUT2D eigenvalue weighted by Crippen LogP contribution is 2.33. The maximum Gasteiger partial charge on any atom is 0.416 e. The number of alkyl halides is 3. The Bertz CT molecular complexity index is 994. The van der Waals surface area contributed by atoms with Crippen LogP contribution in [0.4, 0.5) is 19.0 Å². The third kappa shape index (κ3) is 3.21. The largest absolute Gasteiger partial charge is 0.416 e. The maximum atomic E-state index is 13.0. The van der Waals surface area contributed by atoms with Crippen LogP contribution < -0.4 is 4.90 Å². The van der Waals surface area contributed by atoms with E-state index in [0.29, 0.717) is 22.9 Å². The van der Waals surface area contributed by atoms with E-state index in [9.17, 15) is 13.2 Å². The molecule has 0 bridgehead atoms. The van der Waals surface area contributed by atoms with Crippen molar-refractivity contribution in [1.29, 1.82) is 0 Å². The fourth-order valence-electron chi connectivity index (χ4n) is 3.07. The van der Waals surface area contributed by atoms with Crippen molar-refractivity contribution in [2.45, 2.75) is 12.2 Å². The standard InChI is InChI=1S/C17H16ClF3N6/c1-25(2)12-8-26(9-12)14-13-7-22-27(15(13)24-16(18)23-14)11-5-3-4-10(6-11)17(19,20)21/h3-7,12H,8-9H2,1-2H3. The molecule has 1 aromatic carbocycles. The van der Waals surface area contributed by atoms with Crippen LogP contribution in [0.25, 0.3) is 16.7 Å². The molecular formula is C17H16ClF3N6. The zero-order valence-corrected chi connectivity index (χ0v) is 15.3. The van der Waals surface area contributed by atoms with E-state index in [1.165, 1.54) is 10.7 Å². The van der Waals surface area contributed by atoms with Gasteiger partial charge in [-0.15, -0.1) is 0 Å². The van der Waals surface area contributed by atoms with Crippen LogP contribution in [0, 0.1) is 0 Å². The lowest BCUT2D eigenvalue weighted by molar-refractivity contribution is -0.137. The maximum absolute atomic E-state index is 13.0. The van der Waals surface area contributed by atoms with Crippen LogP contribution in [0.3, 0.4) is 0 Å². The van der Waals surface area contributed by atoms with Crippen molar-refractivity contribution in [3.8, 4) is 5.69 Å². The highest BCUT2D eigenvalue weighted by Gasteiger charge is 2.32. The first-order valence-corrected chi connectivity index (χ1v) is 8.62. The van der Waals surface area contributed by atoms with E-state index in [-0.39, 0.29) is 11.0 Å². The number of halogens is 4. The van der Waals surface area contributed by atoms with Crippen LogP contribution >= 0.6 is 11.6 Å². The Morgan fingerprint density at radius 2 is 1.93 bits per heavy atom. The quantitative estimate of drug-likeness (QED) is 0.636. The summed E-state index contributed by atoms with van der Waals surface area (Å²) in [4.78, 5) is 12.7. The molecule has 0 spiro atoms. The molecule has 1 fully saturated rings. The highest BCUT2D eigenvalue weighted by atomic mass is 35.5. The van der Waals surface area contributed by atoms with E-state index in [2.05, 4.69) is 24.9 Å². The molecule has 10 heteroatoms. The average molecular weight is 397 g/mol. The lowest BCUT2D eigenvalue weighted by Gasteiger charge is -2.43. The molecule has 4 rings (SSSR count). The van der Waals surface area contributed by atoms with Crippen molar-refractivity contribution in [3.63, 3.8) is 0 Å². The smallest absolute Gasteiger partial charge is 0.353 e. The molecule has 142 valence electrons. The van der Waals surface area contributed by atoms with E-state index in [1.54, 1.807) is 12.3 Å². The molecule has 1 saturated heterocycles. The molecule has 6 nitrogen and oxygen atoms in total. The fourth-order valence-corrected chi connectivity index (χ4v) is 3.23. The summed E-state index contributed by atoms with van der Waals surface area (Å²) >= 11 is 6.09. The summed E-state index contributed by atoms with van der Waals surface area (Å²) in [7, 11) is 4.02. The number of fused-ring (bicyclic) bond motifs is 1. The van der Waals surface area contributed by atoms with Gasteiger partial charge in [0.15, 0.2) is 5.65 Å². The molecule has 3 heterocycles. The predicted octanol–water partition coefficient (Wildman–Crippen LogP) is 3.24. The number of likely N-dealkylation sites (N-methyl/N-ethyl adjacent to an activating group) is 1. The number of nitrogens with zero attached hydrogens (tertiary/aromatic N) is 6. The molecule has 27 heavy (non-hydrogen) atoms. The Hall–Kier alpha value is -2.39. The molecule has 2 aromatic heterocycles. The van der Waals surface area contributed by atoms with Gasteiger partial charge in [0.25, 0.3) is 0 Å². The van der Waals surface area contributed by atoms with Gasteiger partial charge in [-0.25, -0.2) is 4.68 Å². The molecular weight excluding hydrogens is 381 g/mol. The minimum absolute atomic E-state index is 0.0273. The lowest BCUT2D eigenvalue weighted by atomic mass is 10.1. The summed E-state index contributed by atoms with van der Waals surface area (Å²) in [6.07, 6.45) is -2.88. The predicted molar refractivity (Wildman–Crippen MR) is 96.4 cm³/mol. The van der Waals surface area contributed by atoms with Crippen LogP contribution in [0.15, 0.2) is 30.5 Å². The third-order valence-corrected chi connectivity index (χ3v) is 4.86. The minimum Gasteiger partial charge on any atom is -0.353 e. The van der Waals surface area contributed by atoms with E-state index >= 15 is 0 Å². The van der Waals surface area contributed by atoms with Gasteiger partial charge >= 0.3 is 6.18 Å². The average Bonchev–Trinajstić information content (AvgIpc) is 2.96. The zero-order valence-electron chi connectivity index (χ0n) is 14.6. The Labute approximate surface area is 158 Å². The van der Waals surface area contributed by atoms with Crippen LogP contribution in [0.1, 0.15) is 5.56 Å². The third-order valence-electron chi connectivity index (χ3n) is 4.69. The van der Waals surface area contributed by atoms with Gasteiger partial charge in [-0.2, -0.15) is 28.2 Å². The molecule has 0 amide bonds. The number of aromatic nitrogens is 4. The van der Waals surface area contributed by atoms with Crippen molar-refractivity contribution < 1.29 is 13.2 Å². The van der Waals surface area contributed by atoms with Gasteiger partial charge in [0.05, 0.1) is 22.8 Å². The van der Waals surface area contributed by atoms with Gasteiger partial charge < -0.3 is 9.80 Å². The second kappa shape index (κ2) is 6.35. The molecule has 1 aliphatic rings. The first-order chi connectivity index (χ1) is 12.7. The number of anilines is 1. The summed E-state index contributed by atoms with van der Waals surface area (Å²) in [6.45, 7) is 1.56. The normalized spacial score (nSPS) is 15.6. The fraction of sp³-hybridized carbons (Fsp3) is 0.353. The summed E-state index contributed by atoms with van der Waals surface area (Å²) < 4.78 is 40.4. The summed E-state index contributed by atoms with van der Waals surface area (Å²) in [5.41, 5.74) is -0.117. The van der Waals surface area contributed by atoms with Crippen molar-refractivity contribution in [2.24, 2.45) is 0 Å². The van der Waals surface area contributed by atoms with Gasteiger partial charge in [-0.1, -0.05) is 6.07 Å². The Balaban J connectivity index is 1.77. The van der Waals surface area contributed by atoms with Gasteiger partial charge in [-0.3, -0.25) is 0 Å². The van der Waals surface area contributed by atoms with Crippen LogP contribution in [-0.4, -0.2) is 57.9 Å². The van der Waals surface area contributed by atoms with E-state index in [1.807, 2.05) is 14.1 Å². The van der Waals surface area contributed by atoms with Gasteiger partial charge in [-0.05, 0) is 43.9 Å². The first-order valence-electron chi connectivity index (χ1n) is 8.24. The second-order valence-electron chi connectivity index (χ2n) is 6.68. The summed E-state index contributed by atoms with van der Waals surface area (Å²) in [6, 6.07) is 5.35. The number of benzene rings is 1. The second-order valence-corrected chi connectivity index (χ2v) is 7.02. The Morgan fingerprint density at radius 1 is 1.19 bits per heavy atom. The van der Waals surface area contributed by atoms with E-state index in [4.69, 9.17) is 11.6 Å². The molecule has 0 N–H and O–H groups in total. The Morgan fingerprint density at radius 3 is 2.59 bits per heavy atom. The van der Waals surface area contributed by atoms with E-state index < -0.39 is 11.7 Å². The molecule has 0 radical (unpaired) electrons. The molecule has 0 unspecified atom stereocenters. The summed E-state index contributed by atoms with van der Waals surface area (Å²) in [5, 5.41) is 4.91. The van der Waals surface area contributed by atoms with E-state index in [0.717, 1.165) is 25.2 Å². The number of hydrogen-bond acceptors (Lipinski definition) is 5. The van der Waals surface area contributed by atoms with Gasteiger partial charge in [0.2, 0.25) is 5.28 Å². The number of rotatable bonds is 3. The lowest BCUT2D eigenvalue weighted by Crippen LogP contribution is -2.57. The minimum atomic E-state index is -4.43. The molecule has 0 atom stereocenters. The first kappa shape index (κ1) is 18.0. The van der Waals surface area contributed by atoms with Crippen molar-refractivity contribution in [3.05, 3.63) is 41.3 Å². The number of hydrogen-bond donors (Lipinski definition) is 0. The van der Waals surface area contributed by atoms with Crippen LogP contribution in [0.2, 0.25) is 5.28 Å². The SMILES string of the molecule is CN(C)C1CN(c2nc(Cl)nc3c2cnn3-c2cccc(C(F)(F)F)c2)C1. The monoisotopic (exact) mass is 396 g/mol. The summed E-state index contributed by atoms with van der Waals surface area (Å²) in [5.74, 6) is 0.640. The highest BCUT2D eigenvalue weighted by molar-refractivity contribution is 6.28. The zero-order chi connectivity index (χ0) is 19.3. The van der Waals surface area contributed by atoms with Crippen LogP contribution in [0.5, 0.6) is 0 Å². The molecule has 3 aromatic rings. The Kier molecular flexibility index (Phi) is 4.23. The molecule has 0 saturated carbocycles. The van der Waals surface area contributed by atoms with Gasteiger partial charge in [0, 0.05) is 19.1 Å². The van der Waals surface area contributed by atoms with Crippen molar-refractivity contribution in [2.75, 3.05) is 32.1 Å².